The normalized spacial score (nSPS) is 11.2. The summed E-state index contributed by atoms with van der Waals surface area (Å²) in [6.45, 7) is 0. The Balaban J connectivity index is 2.22. The van der Waals surface area contributed by atoms with Crippen LogP contribution in [0.5, 0.6) is 11.5 Å². The van der Waals surface area contributed by atoms with Crippen LogP contribution in [0.2, 0.25) is 0 Å². The van der Waals surface area contributed by atoms with Crippen LogP contribution in [0.25, 0.3) is 0 Å². The first-order valence-electron chi connectivity index (χ1n) is 10.1. The van der Waals surface area contributed by atoms with Gasteiger partial charge in [-0.2, -0.15) is 0 Å². The van der Waals surface area contributed by atoms with E-state index in [1.54, 1.807) is 14.2 Å². The smallest absolute Gasteiger partial charge is 0.125 e. The lowest BCUT2D eigenvalue weighted by Gasteiger charge is -2.38. The number of hydrogen-bond donors (Lipinski definition) is 2. The van der Waals surface area contributed by atoms with Crippen molar-refractivity contribution < 1.29 is 9.47 Å². The fraction of sp³-hybridized carbons (Fsp3) is 0.111. The maximum absolute atomic E-state index is 6.12. The molecular formula is C27H26N2O2. The number of nitrogen functional groups attached to an aromatic ring is 2. The summed E-state index contributed by atoms with van der Waals surface area (Å²) in [5, 5.41) is 0. The third-order valence-electron chi connectivity index (χ3n) is 5.67. The molecule has 0 spiro atoms. The fourth-order valence-electron chi connectivity index (χ4n) is 4.35. The Morgan fingerprint density at radius 3 is 1.29 bits per heavy atom. The van der Waals surface area contributed by atoms with Crippen LogP contribution in [-0.2, 0) is 5.41 Å². The topological polar surface area (TPSA) is 70.5 Å². The molecule has 0 heterocycles. The van der Waals surface area contributed by atoms with Crippen LogP contribution in [0.15, 0.2) is 97.1 Å². The van der Waals surface area contributed by atoms with Gasteiger partial charge in [0.2, 0.25) is 0 Å². The van der Waals surface area contributed by atoms with Gasteiger partial charge in [-0.1, -0.05) is 72.8 Å². The molecule has 0 aliphatic rings. The Bertz CT molecular complexity index is 1080. The van der Waals surface area contributed by atoms with Gasteiger partial charge in [0.1, 0.15) is 11.5 Å². The summed E-state index contributed by atoms with van der Waals surface area (Å²) in [4.78, 5) is 0. The average Bonchev–Trinajstić information content (AvgIpc) is 2.82. The first-order chi connectivity index (χ1) is 15.1. The molecule has 0 saturated carbocycles. The summed E-state index contributed by atoms with van der Waals surface area (Å²) >= 11 is 0. The number of nitrogens with two attached hydrogens (primary N) is 2. The molecule has 0 saturated heterocycles. The van der Waals surface area contributed by atoms with E-state index >= 15 is 0 Å². The molecule has 4 rings (SSSR count). The van der Waals surface area contributed by atoms with Gasteiger partial charge in [-0.3, -0.25) is 0 Å². The van der Waals surface area contributed by atoms with Crippen molar-refractivity contribution in [3.63, 3.8) is 0 Å². The Morgan fingerprint density at radius 2 is 0.935 bits per heavy atom. The molecule has 0 amide bonds. The second-order valence-corrected chi connectivity index (χ2v) is 7.40. The molecule has 0 aliphatic carbocycles. The second-order valence-electron chi connectivity index (χ2n) is 7.40. The third kappa shape index (κ3) is 3.46. The van der Waals surface area contributed by atoms with Crippen LogP contribution < -0.4 is 20.9 Å². The molecule has 4 aromatic carbocycles. The van der Waals surface area contributed by atoms with Crippen molar-refractivity contribution in [3.05, 3.63) is 119 Å². The van der Waals surface area contributed by atoms with Crippen LogP contribution >= 0.6 is 0 Å². The first kappa shape index (κ1) is 20.4. The Labute approximate surface area is 183 Å². The van der Waals surface area contributed by atoms with Gasteiger partial charge in [-0.05, 0) is 23.3 Å². The highest BCUT2D eigenvalue weighted by Crippen LogP contribution is 2.51. The van der Waals surface area contributed by atoms with E-state index in [4.69, 9.17) is 20.9 Å². The van der Waals surface area contributed by atoms with E-state index in [0.717, 1.165) is 22.3 Å². The van der Waals surface area contributed by atoms with Crippen LogP contribution in [0.3, 0.4) is 0 Å². The largest absolute Gasteiger partial charge is 0.496 e. The lowest BCUT2D eigenvalue weighted by molar-refractivity contribution is 0.395. The highest BCUT2D eigenvalue weighted by atomic mass is 16.5. The lowest BCUT2D eigenvalue weighted by Crippen LogP contribution is -2.32. The van der Waals surface area contributed by atoms with Crippen molar-refractivity contribution in [2.75, 3.05) is 25.7 Å². The Morgan fingerprint density at radius 1 is 0.548 bits per heavy atom. The molecule has 4 N–H and O–H groups in total. The SMILES string of the molecule is COc1cc(N)ccc1C(c1ccccc1)(c1ccccc1)c1ccc(N)cc1OC. The standard InChI is InChI=1S/C27H26N2O2/c1-30-25-17-21(28)13-15-23(25)27(19-9-5-3-6-10-19,20-11-7-4-8-12-20)24-16-14-22(29)18-26(24)31-2/h3-18H,28-29H2,1-2H3. The fourth-order valence-corrected chi connectivity index (χ4v) is 4.35. The Hall–Kier alpha value is -3.92. The summed E-state index contributed by atoms with van der Waals surface area (Å²) in [5.41, 5.74) is 16.9. The number of rotatable bonds is 6. The zero-order valence-electron chi connectivity index (χ0n) is 17.7. The molecule has 4 heteroatoms. The number of methoxy groups -OCH3 is 2. The minimum Gasteiger partial charge on any atom is -0.496 e. The minimum absolute atomic E-state index is 0.639. The van der Waals surface area contributed by atoms with E-state index in [1.807, 2.05) is 72.8 Å². The molecular weight excluding hydrogens is 384 g/mol. The van der Waals surface area contributed by atoms with Gasteiger partial charge in [0.05, 0.1) is 19.6 Å². The highest BCUT2D eigenvalue weighted by Gasteiger charge is 2.42. The van der Waals surface area contributed by atoms with Crippen LogP contribution in [0.4, 0.5) is 11.4 Å². The van der Waals surface area contributed by atoms with Gasteiger partial charge in [0.15, 0.2) is 0 Å². The van der Waals surface area contributed by atoms with Crippen molar-refractivity contribution in [1.82, 2.24) is 0 Å². The van der Waals surface area contributed by atoms with Gasteiger partial charge < -0.3 is 20.9 Å². The Kier molecular flexibility index (Phi) is 5.54. The second kappa shape index (κ2) is 8.44. The number of hydrogen-bond acceptors (Lipinski definition) is 4. The molecule has 31 heavy (non-hydrogen) atoms. The summed E-state index contributed by atoms with van der Waals surface area (Å²) < 4.78 is 11.7. The molecule has 4 aromatic rings. The monoisotopic (exact) mass is 410 g/mol. The van der Waals surface area contributed by atoms with Crippen molar-refractivity contribution in [1.29, 1.82) is 0 Å². The predicted octanol–water partition coefficient (Wildman–Crippen LogP) is 5.25. The van der Waals surface area contributed by atoms with E-state index in [1.165, 1.54) is 0 Å². The van der Waals surface area contributed by atoms with Crippen molar-refractivity contribution in [2.24, 2.45) is 0 Å². The third-order valence-corrected chi connectivity index (χ3v) is 5.67. The van der Waals surface area contributed by atoms with E-state index in [9.17, 15) is 0 Å². The minimum atomic E-state index is -0.722. The summed E-state index contributed by atoms with van der Waals surface area (Å²) in [6.07, 6.45) is 0. The maximum atomic E-state index is 6.12. The molecule has 0 bridgehead atoms. The van der Waals surface area contributed by atoms with Gasteiger partial charge >= 0.3 is 0 Å². The maximum Gasteiger partial charge on any atom is 0.125 e. The van der Waals surface area contributed by atoms with E-state index in [0.29, 0.717) is 22.9 Å². The summed E-state index contributed by atoms with van der Waals surface area (Å²) in [6, 6.07) is 32.3. The summed E-state index contributed by atoms with van der Waals surface area (Å²) in [5.74, 6) is 1.40. The average molecular weight is 411 g/mol. The lowest BCUT2D eigenvalue weighted by atomic mass is 9.64. The van der Waals surface area contributed by atoms with E-state index < -0.39 is 5.41 Å². The first-order valence-corrected chi connectivity index (χ1v) is 10.1. The molecule has 0 fully saturated rings. The number of benzene rings is 4. The van der Waals surface area contributed by atoms with Gasteiger partial charge in [-0.15, -0.1) is 0 Å². The highest BCUT2D eigenvalue weighted by molar-refractivity contribution is 5.68. The zero-order chi connectivity index (χ0) is 21.8. The summed E-state index contributed by atoms with van der Waals surface area (Å²) in [7, 11) is 3.33. The molecule has 0 atom stereocenters. The molecule has 0 radical (unpaired) electrons. The van der Waals surface area contributed by atoms with Gasteiger partial charge in [0.25, 0.3) is 0 Å². The van der Waals surface area contributed by atoms with Crippen LogP contribution in [0.1, 0.15) is 22.3 Å². The van der Waals surface area contributed by atoms with E-state index in [-0.39, 0.29) is 0 Å². The van der Waals surface area contributed by atoms with Crippen LogP contribution in [0, 0.1) is 0 Å². The number of anilines is 2. The van der Waals surface area contributed by atoms with Crippen molar-refractivity contribution >= 4 is 11.4 Å². The molecule has 0 unspecified atom stereocenters. The van der Waals surface area contributed by atoms with Gasteiger partial charge in [0, 0.05) is 34.6 Å². The number of ether oxygens (including phenoxy) is 2. The quantitative estimate of drug-likeness (QED) is 0.336. The molecule has 0 aromatic heterocycles. The van der Waals surface area contributed by atoms with Gasteiger partial charge in [-0.25, -0.2) is 0 Å². The molecule has 156 valence electrons. The molecule has 0 aliphatic heterocycles. The molecule has 4 nitrogen and oxygen atoms in total. The predicted molar refractivity (Wildman–Crippen MR) is 127 cm³/mol. The van der Waals surface area contributed by atoms with Crippen molar-refractivity contribution in [2.45, 2.75) is 5.41 Å². The van der Waals surface area contributed by atoms with Crippen molar-refractivity contribution in [3.8, 4) is 11.5 Å². The van der Waals surface area contributed by atoms with Crippen LogP contribution in [-0.4, -0.2) is 14.2 Å². The zero-order valence-corrected chi connectivity index (χ0v) is 17.7. The van der Waals surface area contributed by atoms with E-state index in [2.05, 4.69) is 24.3 Å².